The van der Waals surface area contributed by atoms with Gasteiger partial charge in [0.25, 0.3) is 0 Å². The highest BCUT2D eigenvalue weighted by Crippen LogP contribution is 2.28. The fraction of sp³-hybridized carbons (Fsp3) is 0.280. The Balaban J connectivity index is 1.32. The van der Waals surface area contributed by atoms with Crippen molar-refractivity contribution in [3.05, 3.63) is 60.4 Å². The molecule has 2 aromatic carbocycles. The highest BCUT2D eigenvalue weighted by molar-refractivity contribution is 7.98. The summed E-state index contributed by atoms with van der Waals surface area (Å²) in [6, 6.07) is 13.3. The maximum Gasteiger partial charge on any atom is 0.222 e. The molecule has 4 aromatic rings. The first-order valence-electron chi connectivity index (χ1n) is 11.4. The molecule has 2 aromatic heterocycles. The summed E-state index contributed by atoms with van der Waals surface area (Å²) >= 11 is 3.16. The summed E-state index contributed by atoms with van der Waals surface area (Å²) in [5.41, 5.74) is 1.87. The molecular formula is C25H30N6O2S3. The van der Waals surface area contributed by atoms with Crippen LogP contribution in [0, 0.1) is 5.92 Å². The van der Waals surface area contributed by atoms with Crippen molar-refractivity contribution in [2.45, 2.75) is 23.3 Å². The molecular weight excluding hydrogens is 513 g/mol. The fourth-order valence-corrected chi connectivity index (χ4v) is 5.79. The summed E-state index contributed by atoms with van der Waals surface area (Å²) in [7, 11) is -1.03. The number of nitrogens with one attached hydrogen (secondary N) is 3. The van der Waals surface area contributed by atoms with Crippen LogP contribution in [-0.2, 0) is 16.3 Å². The number of rotatable bonds is 12. The van der Waals surface area contributed by atoms with Gasteiger partial charge in [0.05, 0.1) is 27.0 Å². The minimum atomic E-state index is -2.66. The van der Waals surface area contributed by atoms with Crippen molar-refractivity contribution in [3.8, 4) is 5.75 Å². The molecule has 190 valence electrons. The van der Waals surface area contributed by atoms with Crippen LogP contribution in [0.1, 0.15) is 12.5 Å². The lowest BCUT2D eigenvalue weighted by Crippen LogP contribution is -2.22. The summed E-state index contributed by atoms with van der Waals surface area (Å²) in [6.07, 6.45) is 5.63. The van der Waals surface area contributed by atoms with Gasteiger partial charge in [-0.05, 0) is 53.9 Å². The van der Waals surface area contributed by atoms with Crippen molar-refractivity contribution in [3.63, 3.8) is 0 Å². The van der Waals surface area contributed by atoms with E-state index in [9.17, 15) is 4.21 Å². The van der Waals surface area contributed by atoms with Crippen molar-refractivity contribution < 1.29 is 8.95 Å². The zero-order valence-corrected chi connectivity index (χ0v) is 22.9. The summed E-state index contributed by atoms with van der Waals surface area (Å²) in [5.74, 6) is 5.71. The summed E-state index contributed by atoms with van der Waals surface area (Å²) in [6.45, 7) is 4.08. The zero-order chi connectivity index (χ0) is 25.5. The molecule has 36 heavy (non-hydrogen) atoms. The summed E-state index contributed by atoms with van der Waals surface area (Å²) in [5, 5.41) is 7.51. The third-order valence-corrected chi connectivity index (χ3v) is 8.77. The number of anilines is 2. The normalized spacial score (nSPS) is 13.8. The second-order valence-electron chi connectivity index (χ2n) is 8.31. The molecule has 0 bridgehead atoms. The Bertz CT molecular complexity index is 1390. The van der Waals surface area contributed by atoms with Gasteiger partial charge in [0.2, 0.25) is 5.95 Å². The molecule has 0 saturated heterocycles. The molecule has 3 N–H and O–H groups in total. The summed E-state index contributed by atoms with van der Waals surface area (Å²) < 4.78 is 22.5. The molecule has 8 nitrogen and oxygen atoms in total. The molecule has 1 unspecified atom stereocenters. The van der Waals surface area contributed by atoms with Gasteiger partial charge in [-0.2, -0.15) is 0 Å². The Morgan fingerprint density at radius 3 is 2.53 bits per heavy atom. The molecule has 0 fully saturated rings. The zero-order valence-electron chi connectivity index (χ0n) is 20.5. The van der Waals surface area contributed by atoms with Gasteiger partial charge in [0.15, 0.2) is 5.13 Å². The van der Waals surface area contributed by atoms with Crippen molar-refractivity contribution in [1.29, 1.82) is 0 Å². The van der Waals surface area contributed by atoms with Gasteiger partial charge in [-0.1, -0.05) is 30.4 Å². The number of thioether (sulfide) groups is 1. The minimum absolute atomic E-state index is 0.331. The Kier molecular flexibility index (Phi) is 8.68. The van der Waals surface area contributed by atoms with E-state index < -0.39 is 9.71 Å². The standard InChI is InChI=1S/C25H30N6O2S3/c1-17(12-26-24-27-15-20(34-3)16-28-24)13-29-25-31-22-10-9-21(11-23(22)35-25)36(4,32)30-14-18-5-7-19(33-2)8-6-18/h5-11,15-17H,4,12-14H2,1-3H3,(H,29,31)(H,30,32)(H,26,27,28)/t17-,36?/m0/s1. The van der Waals surface area contributed by atoms with E-state index in [2.05, 4.69) is 43.1 Å². The predicted molar refractivity (Wildman–Crippen MR) is 153 cm³/mol. The van der Waals surface area contributed by atoms with E-state index in [1.807, 2.05) is 61.1 Å². The van der Waals surface area contributed by atoms with Crippen LogP contribution in [-0.4, -0.2) is 51.5 Å². The number of thiazole rings is 1. The molecule has 0 aliphatic carbocycles. The number of benzene rings is 2. The van der Waals surface area contributed by atoms with Crippen LogP contribution in [0.5, 0.6) is 5.75 Å². The van der Waals surface area contributed by atoms with Crippen LogP contribution in [0.25, 0.3) is 10.2 Å². The monoisotopic (exact) mass is 542 g/mol. The van der Waals surface area contributed by atoms with Crippen molar-refractivity contribution in [1.82, 2.24) is 19.7 Å². The van der Waals surface area contributed by atoms with Crippen molar-refractivity contribution in [2.24, 2.45) is 5.92 Å². The highest BCUT2D eigenvalue weighted by atomic mass is 32.2. The SMILES string of the molecule is C=S(=O)(NCc1ccc(OC)cc1)c1ccc2nc(NC[C@@H](C)CNc3ncc(SC)cn3)sc2c1. The van der Waals surface area contributed by atoms with Crippen molar-refractivity contribution >= 4 is 60.0 Å². The van der Waals surface area contributed by atoms with Gasteiger partial charge in [0, 0.05) is 41.8 Å². The van der Waals surface area contributed by atoms with Crippen LogP contribution >= 0.6 is 23.1 Å². The Hall–Kier alpha value is -2.86. The Morgan fingerprint density at radius 1 is 1.11 bits per heavy atom. The third-order valence-electron chi connectivity index (χ3n) is 5.48. The first kappa shape index (κ1) is 26.2. The van der Waals surface area contributed by atoms with Gasteiger partial charge in [-0.3, -0.25) is 0 Å². The lowest BCUT2D eigenvalue weighted by molar-refractivity contribution is 0.414. The molecule has 11 heteroatoms. The van der Waals surface area contributed by atoms with Crippen LogP contribution < -0.4 is 20.1 Å². The van der Waals surface area contributed by atoms with E-state index in [0.717, 1.165) is 44.6 Å². The number of methoxy groups -OCH3 is 1. The van der Waals surface area contributed by atoms with Gasteiger partial charge < -0.3 is 15.4 Å². The van der Waals surface area contributed by atoms with Gasteiger partial charge in [0.1, 0.15) is 5.75 Å². The molecule has 2 heterocycles. The first-order chi connectivity index (χ1) is 17.4. The lowest BCUT2D eigenvalue weighted by atomic mass is 10.2. The predicted octanol–water partition coefficient (Wildman–Crippen LogP) is 4.76. The van der Waals surface area contributed by atoms with E-state index >= 15 is 0 Å². The maximum atomic E-state index is 13.3. The number of fused-ring (bicyclic) bond motifs is 1. The Morgan fingerprint density at radius 2 is 1.83 bits per heavy atom. The minimum Gasteiger partial charge on any atom is -0.497 e. The van der Waals surface area contributed by atoms with Gasteiger partial charge >= 0.3 is 0 Å². The topological polar surface area (TPSA) is 101 Å². The summed E-state index contributed by atoms with van der Waals surface area (Å²) in [4.78, 5) is 15.0. The van der Waals surface area contributed by atoms with Gasteiger partial charge in [-0.25, -0.2) is 23.9 Å². The molecule has 2 atom stereocenters. The third kappa shape index (κ3) is 6.88. The second kappa shape index (κ2) is 11.9. The lowest BCUT2D eigenvalue weighted by Gasteiger charge is -2.13. The maximum absolute atomic E-state index is 13.3. The molecule has 0 aliphatic rings. The number of aromatic nitrogens is 3. The number of hydrogen-bond donors (Lipinski definition) is 3. The number of nitrogens with zero attached hydrogens (tertiary/aromatic N) is 3. The number of ether oxygens (including phenoxy) is 1. The smallest absolute Gasteiger partial charge is 0.222 e. The molecule has 0 aliphatic heterocycles. The van der Waals surface area contributed by atoms with E-state index in [1.165, 1.54) is 0 Å². The quantitative estimate of drug-likeness (QED) is 0.174. The van der Waals surface area contributed by atoms with Crippen LogP contribution in [0.4, 0.5) is 11.1 Å². The molecule has 0 saturated carbocycles. The molecule has 0 amide bonds. The number of hydrogen-bond acceptors (Lipinski definition) is 9. The Labute approximate surface area is 220 Å². The van der Waals surface area contributed by atoms with Gasteiger partial charge in [-0.15, -0.1) is 11.8 Å². The van der Waals surface area contributed by atoms with E-state index in [0.29, 0.717) is 23.3 Å². The van der Waals surface area contributed by atoms with E-state index in [-0.39, 0.29) is 0 Å². The van der Waals surface area contributed by atoms with Crippen molar-refractivity contribution in [2.75, 3.05) is 37.1 Å². The van der Waals surface area contributed by atoms with Crippen LogP contribution in [0.2, 0.25) is 0 Å². The average molecular weight is 543 g/mol. The molecule has 4 rings (SSSR count). The first-order valence-corrected chi connectivity index (χ1v) is 15.1. The molecule has 0 radical (unpaired) electrons. The highest BCUT2D eigenvalue weighted by Gasteiger charge is 2.12. The van der Waals surface area contributed by atoms with E-state index in [4.69, 9.17) is 4.74 Å². The van der Waals surface area contributed by atoms with Crippen LogP contribution in [0.3, 0.4) is 0 Å². The van der Waals surface area contributed by atoms with Crippen LogP contribution in [0.15, 0.2) is 64.6 Å². The second-order valence-corrected chi connectivity index (χ2v) is 12.3. The largest absolute Gasteiger partial charge is 0.497 e. The average Bonchev–Trinajstić information content (AvgIpc) is 3.32. The van der Waals surface area contributed by atoms with E-state index in [1.54, 1.807) is 30.2 Å². The fourth-order valence-electron chi connectivity index (χ4n) is 3.32. The molecule has 0 spiro atoms.